The Bertz CT molecular complexity index is 207. The van der Waals surface area contributed by atoms with Gasteiger partial charge in [0.15, 0.2) is 0 Å². The average molecular weight is 206 g/mol. The number of hydrogen-bond acceptors (Lipinski definition) is 2. The summed E-state index contributed by atoms with van der Waals surface area (Å²) in [5, 5.41) is 8.47. The summed E-state index contributed by atoms with van der Waals surface area (Å²) in [6.45, 7) is 0. The van der Waals surface area contributed by atoms with Gasteiger partial charge in [-0.3, -0.25) is 0 Å². The molecule has 0 heterocycles. The number of nitrogens with one attached hydrogen (secondary N) is 1. The second-order valence-electron chi connectivity index (χ2n) is 1.46. The van der Waals surface area contributed by atoms with Gasteiger partial charge in [-0.1, -0.05) is 35.7 Å². The summed E-state index contributed by atoms with van der Waals surface area (Å²) in [5.74, 6) is 0. The van der Waals surface area contributed by atoms with E-state index in [2.05, 4.69) is 12.6 Å². The van der Waals surface area contributed by atoms with Crippen molar-refractivity contribution in [3.8, 4) is 5.40 Å². The minimum absolute atomic E-state index is 0. The van der Waals surface area contributed by atoms with Crippen LogP contribution in [0.3, 0.4) is 0 Å². The fourth-order valence-corrected chi connectivity index (χ4v) is 0.438. The Morgan fingerprint density at radius 1 is 1.27 bits per heavy atom. The Labute approximate surface area is 82.3 Å². The van der Waals surface area contributed by atoms with Crippen molar-refractivity contribution < 1.29 is 17.1 Å². The van der Waals surface area contributed by atoms with Gasteiger partial charge >= 0.3 is 17.1 Å². The molecule has 0 amide bonds. The van der Waals surface area contributed by atoms with Crippen molar-refractivity contribution in [3.63, 3.8) is 0 Å². The fourth-order valence-electron chi connectivity index (χ4n) is 0.438. The van der Waals surface area contributed by atoms with E-state index in [1.807, 2.05) is 18.2 Å². The average Bonchev–Trinajstić information content (AvgIpc) is 1.91. The maximum Gasteiger partial charge on any atom is 2.00 e. The zero-order chi connectivity index (χ0) is 7.82. The van der Waals surface area contributed by atoms with Crippen LogP contribution in [-0.4, -0.2) is 0 Å². The molecule has 4 heteroatoms. The number of thiocyanates is 1. The Hall–Kier alpha value is -0.751. The van der Waals surface area contributed by atoms with Crippen LogP contribution in [0.15, 0.2) is 30.3 Å². The molecule has 1 rings (SSSR count). The van der Waals surface area contributed by atoms with Gasteiger partial charge in [0.2, 0.25) is 0 Å². The maximum atomic E-state index is 7.13. The molecule has 0 radical (unpaired) electrons. The van der Waals surface area contributed by atoms with Gasteiger partial charge < -0.3 is 18.4 Å². The van der Waals surface area contributed by atoms with Crippen LogP contribution in [0.4, 0.5) is 5.69 Å². The molecule has 0 saturated heterocycles. The van der Waals surface area contributed by atoms with Gasteiger partial charge in [0.1, 0.15) is 0 Å². The van der Waals surface area contributed by atoms with Crippen molar-refractivity contribution in [1.82, 2.24) is 0 Å². The Balaban J connectivity index is 0. The molecule has 0 fully saturated rings. The minimum Gasteiger partial charge on any atom is -0.699 e. The number of nitrogens with zero attached hydrogens (tertiary/aromatic N) is 1. The Morgan fingerprint density at radius 3 is 1.82 bits per heavy atom. The van der Waals surface area contributed by atoms with E-state index in [9.17, 15) is 0 Å². The molecule has 11 heavy (non-hydrogen) atoms. The van der Waals surface area contributed by atoms with E-state index in [0.717, 1.165) is 0 Å². The summed E-state index contributed by atoms with van der Waals surface area (Å²) in [7, 11) is 0. The van der Waals surface area contributed by atoms with E-state index in [4.69, 9.17) is 11.0 Å². The third-order valence-corrected chi connectivity index (χ3v) is 0.774. The molecule has 0 bridgehead atoms. The second kappa shape index (κ2) is 9.25. The first-order valence-electron chi connectivity index (χ1n) is 2.59. The van der Waals surface area contributed by atoms with Crippen LogP contribution in [0.2, 0.25) is 0 Å². The zero-order valence-corrected chi connectivity index (χ0v) is 7.52. The summed E-state index contributed by atoms with van der Waals surface area (Å²) >= 11 is 3.70. The number of rotatable bonds is 0. The normalized spacial score (nSPS) is 6.09. The minimum atomic E-state index is 0. The van der Waals surface area contributed by atoms with Gasteiger partial charge in [-0.2, -0.15) is 0 Å². The molecule has 0 spiro atoms. The molecule has 0 saturated carbocycles. The maximum absolute atomic E-state index is 7.13. The van der Waals surface area contributed by atoms with Crippen molar-refractivity contribution in [1.29, 1.82) is 5.26 Å². The number of hydrogen-bond donors (Lipinski definition) is 0. The van der Waals surface area contributed by atoms with Crippen LogP contribution in [0.25, 0.3) is 5.73 Å². The van der Waals surface area contributed by atoms with Gasteiger partial charge in [0, 0.05) is 0 Å². The quantitative estimate of drug-likeness (QED) is 0.371. The standard InChI is InChI=1S/C6H6N.CHNS.Fe/c7-6-4-2-1-3-5-6;2-1-3;/h1-5,7H;3H;/q-1;;+2/p-1. The topological polar surface area (TPSA) is 47.6 Å². The predicted octanol–water partition coefficient (Wildman–Crippen LogP) is 2.38. The summed E-state index contributed by atoms with van der Waals surface area (Å²) in [6, 6.07) is 9.10. The molecule has 0 aliphatic carbocycles. The van der Waals surface area contributed by atoms with E-state index in [1.54, 1.807) is 12.1 Å². The molecular weight excluding hydrogens is 200 g/mol. The predicted molar refractivity (Wildman–Crippen MR) is 43.4 cm³/mol. The first-order chi connectivity index (χ1) is 4.81. The second-order valence-corrected chi connectivity index (χ2v) is 1.64. The van der Waals surface area contributed by atoms with Crippen LogP contribution in [0.5, 0.6) is 0 Å². The molecule has 0 unspecified atom stereocenters. The SMILES string of the molecule is N#C[S-].[Fe+2].[NH-]c1ccccc1. The van der Waals surface area contributed by atoms with E-state index in [1.165, 1.54) is 5.40 Å². The molecule has 0 aliphatic rings. The largest absolute Gasteiger partial charge is 2.00 e. The molecular formula is C7H6FeN2S. The van der Waals surface area contributed by atoms with Gasteiger partial charge in [-0.05, 0) is 0 Å². The van der Waals surface area contributed by atoms with Gasteiger partial charge in [0.05, 0.1) is 0 Å². The van der Waals surface area contributed by atoms with E-state index in [0.29, 0.717) is 5.69 Å². The third kappa shape index (κ3) is 9.25. The number of nitriles is 1. The van der Waals surface area contributed by atoms with Crippen LogP contribution in [0, 0.1) is 10.7 Å². The summed E-state index contributed by atoms with van der Waals surface area (Å²) in [6.07, 6.45) is 0. The fraction of sp³-hybridized carbons (Fsp3) is 0. The number of benzene rings is 1. The first kappa shape index (κ1) is 12.9. The third-order valence-electron chi connectivity index (χ3n) is 0.774. The van der Waals surface area contributed by atoms with Crippen molar-refractivity contribution in [2.75, 3.05) is 0 Å². The zero-order valence-electron chi connectivity index (χ0n) is 5.60. The van der Waals surface area contributed by atoms with Gasteiger partial charge in [0.25, 0.3) is 0 Å². The Kier molecular flexibility index (Phi) is 10.8. The van der Waals surface area contributed by atoms with Crippen LogP contribution in [0.1, 0.15) is 0 Å². The molecule has 1 aromatic rings. The molecule has 0 aliphatic heterocycles. The monoisotopic (exact) mass is 206 g/mol. The van der Waals surface area contributed by atoms with E-state index < -0.39 is 0 Å². The van der Waals surface area contributed by atoms with Gasteiger partial charge in [-0.15, -0.1) is 5.69 Å². The Morgan fingerprint density at radius 2 is 1.64 bits per heavy atom. The van der Waals surface area contributed by atoms with Crippen molar-refractivity contribution in [2.45, 2.75) is 0 Å². The molecule has 1 N–H and O–H groups in total. The smallest absolute Gasteiger partial charge is 0.699 e. The molecule has 0 atom stereocenters. The molecule has 1 aromatic carbocycles. The van der Waals surface area contributed by atoms with E-state index in [-0.39, 0.29) is 17.1 Å². The van der Waals surface area contributed by atoms with Crippen molar-refractivity contribution in [2.24, 2.45) is 0 Å². The van der Waals surface area contributed by atoms with E-state index >= 15 is 0 Å². The molecule has 0 aromatic heterocycles. The first-order valence-corrected chi connectivity index (χ1v) is 3.00. The summed E-state index contributed by atoms with van der Waals surface area (Å²) in [4.78, 5) is 0. The van der Waals surface area contributed by atoms with Crippen molar-refractivity contribution >= 4 is 18.3 Å². The summed E-state index contributed by atoms with van der Waals surface area (Å²) in [5.41, 5.74) is 7.57. The molecule has 58 valence electrons. The summed E-state index contributed by atoms with van der Waals surface area (Å²) < 4.78 is 0. The van der Waals surface area contributed by atoms with Crippen LogP contribution >= 0.6 is 0 Å². The van der Waals surface area contributed by atoms with Crippen LogP contribution in [-0.2, 0) is 29.7 Å². The van der Waals surface area contributed by atoms with Gasteiger partial charge in [-0.25, -0.2) is 5.26 Å². The van der Waals surface area contributed by atoms with Crippen LogP contribution < -0.4 is 0 Å². The van der Waals surface area contributed by atoms with Crippen molar-refractivity contribution in [3.05, 3.63) is 36.1 Å². The molecule has 2 nitrogen and oxygen atoms in total.